The molecule has 0 aliphatic carbocycles. The van der Waals surface area contributed by atoms with Crippen molar-refractivity contribution in [2.45, 2.75) is 0 Å². The molecule has 7 heteroatoms. The van der Waals surface area contributed by atoms with E-state index in [1.165, 1.54) is 7.11 Å². The van der Waals surface area contributed by atoms with Crippen molar-refractivity contribution in [3.05, 3.63) is 24.3 Å². The zero-order chi connectivity index (χ0) is 15.2. The van der Waals surface area contributed by atoms with Crippen LogP contribution in [0, 0.1) is 0 Å². The van der Waals surface area contributed by atoms with Gasteiger partial charge in [-0.3, -0.25) is 4.79 Å². The standard InChI is InChI=1S/C14H19N3O4/c1-20-14(19)17-8-6-16(7-9-17)13(18)10-21-12-5-3-2-4-11(12)15/h2-5H,6-10,15H2,1H3. The molecule has 2 N–H and O–H groups in total. The van der Waals surface area contributed by atoms with Crippen LogP contribution in [0.4, 0.5) is 10.5 Å². The number of piperazine rings is 1. The van der Waals surface area contributed by atoms with Crippen LogP contribution in [0.25, 0.3) is 0 Å². The lowest BCUT2D eigenvalue weighted by atomic mass is 10.3. The van der Waals surface area contributed by atoms with Crippen LogP contribution >= 0.6 is 0 Å². The smallest absolute Gasteiger partial charge is 0.409 e. The van der Waals surface area contributed by atoms with Gasteiger partial charge < -0.3 is 25.0 Å². The third kappa shape index (κ3) is 3.77. The van der Waals surface area contributed by atoms with Gasteiger partial charge in [0.15, 0.2) is 6.61 Å². The fourth-order valence-corrected chi connectivity index (χ4v) is 2.11. The van der Waals surface area contributed by atoms with E-state index in [0.29, 0.717) is 37.6 Å². The second kappa shape index (κ2) is 6.83. The Kier molecular flexibility index (Phi) is 4.86. The molecule has 114 valence electrons. The first-order valence-corrected chi connectivity index (χ1v) is 6.70. The lowest BCUT2D eigenvalue weighted by Crippen LogP contribution is -2.51. The highest BCUT2D eigenvalue weighted by Crippen LogP contribution is 2.19. The van der Waals surface area contributed by atoms with Crippen LogP contribution in [0.15, 0.2) is 24.3 Å². The second-order valence-electron chi connectivity index (χ2n) is 4.66. The molecule has 0 radical (unpaired) electrons. The number of nitrogens with two attached hydrogens (primary N) is 1. The molecule has 1 aliphatic rings. The van der Waals surface area contributed by atoms with Gasteiger partial charge in [-0.15, -0.1) is 0 Å². The maximum atomic E-state index is 12.1. The predicted molar refractivity (Wildman–Crippen MR) is 76.9 cm³/mol. The highest BCUT2D eigenvalue weighted by Gasteiger charge is 2.24. The summed E-state index contributed by atoms with van der Waals surface area (Å²) in [6.07, 6.45) is -0.365. The van der Waals surface area contributed by atoms with Crippen molar-refractivity contribution in [3.8, 4) is 5.75 Å². The summed E-state index contributed by atoms with van der Waals surface area (Å²) in [6, 6.07) is 7.04. The van der Waals surface area contributed by atoms with Gasteiger partial charge in [0.05, 0.1) is 12.8 Å². The second-order valence-corrected chi connectivity index (χ2v) is 4.66. The molecular weight excluding hydrogens is 274 g/mol. The van der Waals surface area contributed by atoms with Gasteiger partial charge in [-0.1, -0.05) is 12.1 Å². The molecule has 2 rings (SSSR count). The zero-order valence-electron chi connectivity index (χ0n) is 11.9. The first-order chi connectivity index (χ1) is 10.1. The molecule has 7 nitrogen and oxygen atoms in total. The van der Waals surface area contributed by atoms with E-state index in [2.05, 4.69) is 4.74 Å². The quantitative estimate of drug-likeness (QED) is 0.823. The summed E-state index contributed by atoms with van der Waals surface area (Å²) in [5.41, 5.74) is 6.24. The Morgan fingerprint density at radius 1 is 1.14 bits per heavy atom. The van der Waals surface area contributed by atoms with Crippen LogP contribution in [-0.2, 0) is 9.53 Å². The Morgan fingerprint density at radius 3 is 2.38 bits per heavy atom. The molecule has 1 aromatic carbocycles. The van der Waals surface area contributed by atoms with E-state index in [9.17, 15) is 9.59 Å². The molecule has 1 fully saturated rings. The average molecular weight is 293 g/mol. The van der Waals surface area contributed by atoms with Gasteiger partial charge in [0.1, 0.15) is 5.75 Å². The minimum Gasteiger partial charge on any atom is -0.482 e. The Morgan fingerprint density at radius 2 is 1.76 bits per heavy atom. The highest BCUT2D eigenvalue weighted by molar-refractivity contribution is 5.78. The van der Waals surface area contributed by atoms with Crippen LogP contribution in [0.2, 0.25) is 0 Å². The summed E-state index contributed by atoms with van der Waals surface area (Å²) >= 11 is 0. The topological polar surface area (TPSA) is 85.1 Å². The maximum absolute atomic E-state index is 12.1. The number of rotatable bonds is 3. The monoisotopic (exact) mass is 293 g/mol. The largest absolute Gasteiger partial charge is 0.482 e. The van der Waals surface area contributed by atoms with E-state index in [0.717, 1.165) is 0 Å². The predicted octanol–water partition coefficient (Wildman–Crippen LogP) is 0.558. The van der Waals surface area contributed by atoms with Crippen molar-refractivity contribution in [2.75, 3.05) is 45.6 Å². The number of hydrogen-bond donors (Lipinski definition) is 1. The normalized spacial score (nSPS) is 14.7. The van der Waals surface area contributed by atoms with Crippen molar-refractivity contribution in [2.24, 2.45) is 0 Å². The number of amides is 2. The molecule has 1 aliphatic heterocycles. The van der Waals surface area contributed by atoms with Crippen molar-refractivity contribution < 1.29 is 19.1 Å². The molecule has 1 aromatic rings. The van der Waals surface area contributed by atoms with E-state index in [4.69, 9.17) is 10.5 Å². The van der Waals surface area contributed by atoms with Crippen LogP contribution in [0.3, 0.4) is 0 Å². The number of hydrogen-bond acceptors (Lipinski definition) is 5. The van der Waals surface area contributed by atoms with Gasteiger partial charge in [-0.2, -0.15) is 0 Å². The number of methoxy groups -OCH3 is 1. The average Bonchev–Trinajstić information content (AvgIpc) is 2.53. The van der Waals surface area contributed by atoms with Crippen molar-refractivity contribution in [1.82, 2.24) is 9.80 Å². The summed E-state index contributed by atoms with van der Waals surface area (Å²) in [7, 11) is 1.35. The van der Waals surface area contributed by atoms with Gasteiger partial charge in [-0.05, 0) is 12.1 Å². The summed E-state index contributed by atoms with van der Waals surface area (Å²) in [6.45, 7) is 1.81. The lowest BCUT2D eigenvalue weighted by Gasteiger charge is -2.33. The number of nitrogens with zero attached hydrogens (tertiary/aromatic N) is 2. The molecule has 1 saturated heterocycles. The van der Waals surface area contributed by atoms with Gasteiger partial charge in [-0.25, -0.2) is 4.79 Å². The number of anilines is 1. The Labute approximate surface area is 123 Å². The Bertz CT molecular complexity index is 513. The number of benzene rings is 1. The van der Waals surface area contributed by atoms with Crippen LogP contribution in [-0.4, -0.2) is 61.7 Å². The summed E-state index contributed by atoms with van der Waals surface area (Å²) in [4.78, 5) is 26.6. The van der Waals surface area contributed by atoms with Crippen LogP contribution in [0.5, 0.6) is 5.75 Å². The van der Waals surface area contributed by atoms with Gasteiger partial charge >= 0.3 is 6.09 Å². The molecule has 0 unspecified atom stereocenters. The van der Waals surface area contributed by atoms with Gasteiger partial charge in [0.2, 0.25) is 0 Å². The third-order valence-electron chi connectivity index (χ3n) is 3.34. The minimum atomic E-state index is -0.365. The van der Waals surface area contributed by atoms with E-state index in [-0.39, 0.29) is 18.6 Å². The molecule has 21 heavy (non-hydrogen) atoms. The van der Waals surface area contributed by atoms with Crippen LogP contribution in [0.1, 0.15) is 0 Å². The fourth-order valence-electron chi connectivity index (χ4n) is 2.11. The Balaban J connectivity index is 1.80. The molecule has 0 atom stereocenters. The molecule has 0 bridgehead atoms. The first-order valence-electron chi connectivity index (χ1n) is 6.70. The number of carbonyl (C=O) groups is 2. The van der Waals surface area contributed by atoms with Gasteiger partial charge in [0.25, 0.3) is 5.91 Å². The highest BCUT2D eigenvalue weighted by atomic mass is 16.5. The van der Waals surface area contributed by atoms with Crippen molar-refractivity contribution >= 4 is 17.7 Å². The van der Waals surface area contributed by atoms with E-state index < -0.39 is 0 Å². The molecule has 0 saturated carbocycles. The fraction of sp³-hybridized carbons (Fsp3) is 0.429. The SMILES string of the molecule is COC(=O)N1CCN(C(=O)COc2ccccc2N)CC1. The van der Waals surface area contributed by atoms with E-state index in [1.807, 2.05) is 0 Å². The Hall–Kier alpha value is -2.44. The summed E-state index contributed by atoms with van der Waals surface area (Å²) in [5.74, 6) is 0.377. The lowest BCUT2D eigenvalue weighted by molar-refractivity contribution is -0.134. The zero-order valence-corrected chi connectivity index (χ0v) is 11.9. The first kappa shape index (κ1) is 15.0. The molecule has 2 amide bonds. The minimum absolute atomic E-state index is 0.0631. The van der Waals surface area contributed by atoms with Crippen molar-refractivity contribution in [3.63, 3.8) is 0 Å². The van der Waals surface area contributed by atoms with E-state index in [1.54, 1.807) is 34.1 Å². The third-order valence-corrected chi connectivity index (χ3v) is 3.34. The maximum Gasteiger partial charge on any atom is 0.409 e. The van der Waals surface area contributed by atoms with E-state index >= 15 is 0 Å². The molecule has 0 spiro atoms. The molecule has 0 aromatic heterocycles. The summed E-state index contributed by atoms with van der Waals surface area (Å²) in [5, 5.41) is 0. The number of para-hydroxylation sites is 2. The van der Waals surface area contributed by atoms with Crippen molar-refractivity contribution in [1.29, 1.82) is 0 Å². The summed E-state index contributed by atoms with van der Waals surface area (Å²) < 4.78 is 10.1. The number of carbonyl (C=O) groups excluding carboxylic acids is 2. The number of nitrogen functional groups attached to an aromatic ring is 1. The molecular formula is C14H19N3O4. The van der Waals surface area contributed by atoms with Crippen LogP contribution < -0.4 is 10.5 Å². The molecule has 1 heterocycles. The van der Waals surface area contributed by atoms with Gasteiger partial charge in [0, 0.05) is 26.2 Å². The number of ether oxygens (including phenoxy) is 2.